The molecule has 12 atom stereocenters. The monoisotopic (exact) mass is 1310 g/mol. The fraction of sp³-hybridized carbons (Fsp3) is 0.770. The molecule has 0 saturated carbocycles. The standard InChI is InChI=1S/C61H110N16O15/c1-29(2)24-37(62)50(81)67-28-45(80)73-49(36(15)78)58(89)72-42(27-32(7)8)54(85)74-47(34(11)12)57(88)75-46(33(9)10)56(87)68-38(20-21-44(63)79)51(82)76-48(35(13)14)59(90)77-23-17-19-43(77)55(86)71-41(26-31(5)6)53(84)70-40(25-30(3)4)52(83)69-39(60(91)92)18-16-22-66-61(64)65/h29-43,46-49,78H,16-28,62H2,1-15H3,(H2,63,79)(H,67,81)(H,68,87)(H,69,83)(H,70,84)(H,71,86)(H,72,89)(H,73,80)(H,74,85)(H,75,88)(H,76,82)(H,91,92)(H4,64,65,66)/t36-,37+,38+,39+,40+,41+,42+,43+,46+,47+,48+,49+/m1/s1. The molecule has 1 aliphatic rings. The van der Waals surface area contributed by atoms with Gasteiger partial charge in [-0.25, -0.2) is 4.79 Å². The lowest BCUT2D eigenvalue weighted by atomic mass is 9.97. The average Bonchev–Trinajstić information content (AvgIpc) is 1.56. The molecule has 0 aromatic heterocycles. The Morgan fingerprint density at radius 1 is 0.489 bits per heavy atom. The number of nitrogens with two attached hydrogens (primary N) is 4. The van der Waals surface area contributed by atoms with Crippen molar-refractivity contribution in [1.29, 1.82) is 0 Å². The maximum atomic E-state index is 14.6. The van der Waals surface area contributed by atoms with Crippen LogP contribution in [0.3, 0.4) is 0 Å². The number of nitrogens with one attached hydrogen (secondary N) is 10. The van der Waals surface area contributed by atoms with Crippen LogP contribution in [-0.2, 0) is 62.3 Å². The number of aliphatic carboxylic acids is 1. The number of primary amides is 1. The number of nitrogens with zero attached hydrogens (tertiary/aromatic N) is 2. The number of rotatable bonds is 41. The van der Waals surface area contributed by atoms with Gasteiger partial charge in [0.25, 0.3) is 0 Å². The molecular formula is C61H110N16O15. The minimum Gasteiger partial charge on any atom is -0.480 e. The van der Waals surface area contributed by atoms with Crippen molar-refractivity contribution >= 4 is 82.8 Å². The molecule has 1 saturated heterocycles. The van der Waals surface area contributed by atoms with Crippen molar-refractivity contribution in [2.24, 2.45) is 69.4 Å². The highest BCUT2D eigenvalue weighted by molar-refractivity contribution is 5.99. The Hall–Kier alpha value is -7.70. The number of carbonyl (C=O) groups is 13. The Morgan fingerprint density at radius 3 is 1.36 bits per heavy atom. The van der Waals surface area contributed by atoms with Gasteiger partial charge in [-0.2, -0.15) is 0 Å². The zero-order valence-corrected chi connectivity index (χ0v) is 56.6. The molecular weight excluding hydrogens is 1200 g/mol. The molecule has 1 aliphatic heterocycles. The van der Waals surface area contributed by atoms with Crippen molar-refractivity contribution in [2.75, 3.05) is 19.6 Å². The molecule has 0 aromatic carbocycles. The van der Waals surface area contributed by atoms with E-state index in [9.17, 15) is 72.5 Å². The van der Waals surface area contributed by atoms with E-state index in [-0.39, 0.29) is 87.7 Å². The highest BCUT2D eigenvalue weighted by atomic mass is 16.4. The summed E-state index contributed by atoms with van der Waals surface area (Å²) in [6, 6.07) is -14.2. The van der Waals surface area contributed by atoms with Crippen molar-refractivity contribution in [3.8, 4) is 0 Å². The number of likely N-dealkylation sites (tertiary alicyclic amines) is 1. The zero-order valence-electron chi connectivity index (χ0n) is 56.6. The summed E-state index contributed by atoms with van der Waals surface area (Å²) in [4.78, 5) is 182. The molecule has 0 unspecified atom stereocenters. The van der Waals surface area contributed by atoms with Gasteiger partial charge in [-0.1, -0.05) is 96.9 Å². The first kappa shape index (κ1) is 82.3. The van der Waals surface area contributed by atoms with Crippen LogP contribution in [0.4, 0.5) is 0 Å². The number of hydrogen-bond acceptors (Lipinski definition) is 16. The highest BCUT2D eigenvalue weighted by Gasteiger charge is 2.42. The number of hydrogen-bond donors (Lipinski definition) is 16. The van der Waals surface area contributed by atoms with Crippen molar-refractivity contribution < 1.29 is 72.5 Å². The summed E-state index contributed by atoms with van der Waals surface area (Å²) in [6.45, 7) is 25.1. The Labute approximate surface area is 541 Å². The Balaban J connectivity index is 3.41. The predicted molar refractivity (Wildman–Crippen MR) is 343 cm³/mol. The number of aliphatic hydroxyl groups is 1. The van der Waals surface area contributed by atoms with E-state index in [1.165, 1.54) is 11.8 Å². The molecule has 31 nitrogen and oxygen atoms in total. The van der Waals surface area contributed by atoms with E-state index in [0.717, 1.165) is 0 Å². The van der Waals surface area contributed by atoms with Crippen LogP contribution in [0.2, 0.25) is 0 Å². The predicted octanol–water partition coefficient (Wildman–Crippen LogP) is -2.28. The van der Waals surface area contributed by atoms with Gasteiger partial charge in [0, 0.05) is 19.5 Å². The van der Waals surface area contributed by atoms with Gasteiger partial charge in [-0.05, 0) is 106 Å². The van der Waals surface area contributed by atoms with Gasteiger partial charge in [-0.15, -0.1) is 0 Å². The van der Waals surface area contributed by atoms with Crippen LogP contribution in [0.5, 0.6) is 0 Å². The van der Waals surface area contributed by atoms with E-state index in [0.29, 0.717) is 12.8 Å². The SMILES string of the molecule is CC(C)C[C@H](NC(=O)[C@H](CC(C)C)NC(=O)[C@@H]1CCCN1C(=O)[C@@H](NC(=O)[C@H](CCC(N)=O)NC(=O)[C@@H](NC(=O)[C@@H](NC(=O)[C@H](CC(C)C)NC(=O)[C@@H](NC(=O)CNC(=O)[C@@H](N)CC(C)C)[C@@H](C)O)C(C)C)C(C)C)C(C)C)C(=O)N[C@@H](CCCN=C(N)N)C(=O)O. The summed E-state index contributed by atoms with van der Waals surface area (Å²) < 4.78 is 0. The third-order valence-electron chi connectivity index (χ3n) is 15.0. The second-order valence-corrected chi connectivity index (χ2v) is 26.6. The van der Waals surface area contributed by atoms with Gasteiger partial charge in [0.1, 0.15) is 60.4 Å². The molecule has 0 aliphatic carbocycles. The first-order valence-electron chi connectivity index (χ1n) is 32.0. The summed E-state index contributed by atoms with van der Waals surface area (Å²) in [5.74, 6) is -13.3. The average molecular weight is 1310 g/mol. The molecule has 0 bridgehead atoms. The number of aliphatic hydroxyl groups excluding tert-OH is 1. The van der Waals surface area contributed by atoms with Gasteiger partial charge in [0.2, 0.25) is 70.9 Å². The third-order valence-corrected chi connectivity index (χ3v) is 15.0. The van der Waals surface area contributed by atoms with E-state index in [4.69, 9.17) is 22.9 Å². The largest absolute Gasteiger partial charge is 0.480 e. The second kappa shape index (κ2) is 40.3. The molecule has 20 N–H and O–H groups in total. The number of guanidine groups is 1. The molecule has 524 valence electrons. The molecule has 1 fully saturated rings. The van der Waals surface area contributed by atoms with Crippen LogP contribution in [0.25, 0.3) is 0 Å². The molecule has 0 radical (unpaired) electrons. The molecule has 0 spiro atoms. The molecule has 92 heavy (non-hydrogen) atoms. The number of carbonyl (C=O) groups excluding carboxylic acids is 12. The van der Waals surface area contributed by atoms with E-state index in [1.54, 1.807) is 55.4 Å². The fourth-order valence-electron chi connectivity index (χ4n) is 10.1. The first-order chi connectivity index (χ1) is 42.7. The topological polar surface area (TPSA) is 502 Å². The van der Waals surface area contributed by atoms with Crippen LogP contribution in [-0.4, -0.2) is 190 Å². The van der Waals surface area contributed by atoms with Gasteiger partial charge in [0.05, 0.1) is 18.7 Å². The van der Waals surface area contributed by atoms with Crippen LogP contribution < -0.4 is 76.1 Å². The van der Waals surface area contributed by atoms with Gasteiger partial charge >= 0.3 is 5.97 Å². The van der Waals surface area contributed by atoms with Gasteiger partial charge in [-0.3, -0.25) is 62.5 Å². The Morgan fingerprint density at radius 2 is 0.902 bits per heavy atom. The Kier molecular flexibility index (Phi) is 36.1. The number of amides is 12. The molecule has 0 aromatic rings. The van der Waals surface area contributed by atoms with Gasteiger partial charge in [0.15, 0.2) is 5.96 Å². The summed E-state index contributed by atoms with van der Waals surface area (Å²) in [6.07, 6.45) is -0.873. The number of carboxylic acids is 1. The van der Waals surface area contributed by atoms with Gasteiger partial charge < -0.3 is 91.2 Å². The van der Waals surface area contributed by atoms with Crippen LogP contribution in [0.1, 0.15) is 168 Å². The maximum absolute atomic E-state index is 14.6. The molecule has 1 heterocycles. The summed E-state index contributed by atoms with van der Waals surface area (Å²) >= 11 is 0. The summed E-state index contributed by atoms with van der Waals surface area (Å²) in [5, 5.41) is 46.3. The smallest absolute Gasteiger partial charge is 0.326 e. The number of aliphatic imine (C=N–C) groups is 1. The third kappa shape index (κ3) is 29.7. The molecule has 12 amide bonds. The van der Waals surface area contributed by atoms with Crippen molar-refractivity contribution in [3.63, 3.8) is 0 Å². The van der Waals surface area contributed by atoms with Crippen molar-refractivity contribution in [2.45, 2.75) is 241 Å². The van der Waals surface area contributed by atoms with Crippen LogP contribution in [0, 0.1) is 41.4 Å². The van der Waals surface area contributed by atoms with E-state index < -0.39 is 180 Å². The lowest BCUT2D eigenvalue weighted by Crippen LogP contribution is -2.62. The van der Waals surface area contributed by atoms with Crippen LogP contribution in [0.15, 0.2) is 4.99 Å². The van der Waals surface area contributed by atoms with Crippen molar-refractivity contribution in [1.82, 2.24) is 58.1 Å². The van der Waals surface area contributed by atoms with Crippen LogP contribution >= 0.6 is 0 Å². The summed E-state index contributed by atoms with van der Waals surface area (Å²) in [7, 11) is 0. The second-order valence-electron chi connectivity index (χ2n) is 26.6. The maximum Gasteiger partial charge on any atom is 0.326 e. The number of carboxylic acid groups (broad SMARTS) is 1. The van der Waals surface area contributed by atoms with E-state index in [1.807, 2.05) is 41.5 Å². The highest BCUT2D eigenvalue weighted by Crippen LogP contribution is 2.22. The molecule has 31 heteroatoms. The minimum atomic E-state index is -1.58. The van der Waals surface area contributed by atoms with E-state index >= 15 is 0 Å². The van der Waals surface area contributed by atoms with E-state index in [2.05, 4.69) is 58.2 Å². The zero-order chi connectivity index (χ0) is 70.6. The quantitative estimate of drug-likeness (QED) is 0.0174. The van der Waals surface area contributed by atoms with Crippen molar-refractivity contribution in [3.05, 3.63) is 0 Å². The lowest BCUT2D eigenvalue weighted by Gasteiger charge is -2.33. The minimum absolute atomic E-state index is 0.0153. The lowest BCUT2D eigenvalue weighted by molar-refractivity contribution is -0.144. The Bertz CT molecular complexity index is 2540. The summed E-state index contributed by atoms with van der Waals surface area (Å²) in [5.41, 5.74) is 22.2. The first-order valence-corrected chi connectivity index (χ1v) is 32.0. The normalized spacial score (nSPS) is 16.8. The fourth-order valence-corrected chi connectivity index (χ4v) is 10.1. The molecule has 1 rings (SSSR count).